The molecule has 0 aliphatic carbocycles. The van der Waals surface area contributed by atoms with Gasteiger partial charge in [-0.3, -0.25) is 4.79 Å². The van der Waals surface area contributed by atoms with Crippen LogP contribution in [0.3, 0.4) is 0 Å². The minimum atomic E-state index is -0.731. The molecule has 0 saturated carbocycles. The van der Waals surface area contributed by atoms with Gasteiger partial charge in [-0.05, 0) is 18.1 Å². The predicted octanol–water partition coefficient (Wildman–Crippen LogP) is 2.18. The molecular formula is C15H18FNO3. The van der Waals surface area contributed by atoms with E-state index >= 15 is 0 Å². The molecule has 1 amide bonds. The second-order valence-electron chi connectivity index (χ2n) is 4.70. The highest BCUT2D eigenvalue weighted by molar-refractivity contribution is 5.92. The number of hydrogen-bond donors (Lipinski definition) is 2. The summed E-state index contributed by atoms with van der Waals surface area (Å²) >= 11 is 0. The number of amides is 1. The van der Waals surface area contributed by atoms with Gasteiger partial charge in [-0.25, -0.2) is 4.39 Å². The van der Waals surface area contributed by atoms with Crippen molar-refractivity contribution in [3.8, 4) is 18.1 Å². The molecule has 5 heteroatoms. The van der Waals surface area contributed by atoms with E-state index < -0.39 is 11.9 Å². The molecule has 0 heterocycles. The summed E-state index contributed by atoms with van der Waals surface area (Å²) in [5.41, 5.74) is 0.322. The van der Waals surface area contributed by atoms with E-state index in [0.29, 0.717) is 5.69 Å². The molecular weight excluding hydrogens is 261 g/mol. The van der Waals surface area contributed by atoms with Crippen LogP contribution in [0.15, 0.2) is 18.2 Å². The minimum absolute atomic E-state index is 0.0221. The first kappa shape index (κ1) is 16.0. The molecule has 4 nitrogen and oxygen atoms in total. The van der Waals surface area contributed by atoms with E-state index in [1.165, 1.54) is 12.1 Å². The molecule has 0 aromatic heterocycles. The molecule has 1 aromatic carbocycles. The molecule has 0 aliphatic rings. The van der Waals surface area contributed by atoms with Crippen LogP contribution in [-0.4, -0.2) is 23.7 Å². The zero-order valence-corrected chi connectivity index (χ0v) is 11.5. The Kier molecular flexibility index (Phi) is 6.01. The molecule has 1 aromatic rings. The molecule has 1 unspecified atom stereocenters. The van der Waals surface area contributed by atoms with Gasteiger partial charge in [0.25, 0.3) is 0 Å². The smallest absolute Gasteiger partial charge is 0.227 e. The minimum Gasteiger partial charge on any atom is -0.479 e. The second-order valence-corrected chi connectivity index (χ2v) is 4.70. The zero-order valence-electron chi connectivity index (χ0n) is 11.5. The van der Waals surface area contributed by atoms with Gasteiger partial charge >= 0.3 is 0 Å². The third-order valence-corrected chi connectivity index (χ3v) is 2.69. The van der Waals surface area contributed by atoms with Crippen LogP contribution in [0.2, 0.25) is 0 Å². The molecule has 0 bridgehead atoms. The van der Waals surface area contributed by atoms with Crippen LogP contribution in [0, 0.1) is 24.1 Å². The molecule has 0 aliphatic heterocycles. The summed E-state index contributed by atoms with van der Waals surface area (Å²) < 4.78 is 18.3. The topological polar surface area (TPSA) is 58.6 Å². The number of aliphatic hydroxyl groups is 1. The summed E-state index contributed by atoms with van der Waals surface area (Å²) in [7, 11) is 0. The molecule has 108 valence electrons. The van der Waals surface area contributed by atoms with E-state index in [1.54, 1.807) is 0 Å². The Balaban J connectivity index is 2.76. The number of anilines is 1. The Bertz CT molecular complexity index is 508. The van der Waals surface area contributed by atoms with Crippen molar-refractivity contribution in [2.75, 3.05) is 11.9 Å². The van der Waals surface area contributed by atoms with Gasteiger partial charge in [0.1, 0.15) is 18.2 Å². The summed E-state index contributed by atoms with van der Waals surface area (Å²) in [4.78, 5) is 11.8. The summed E-state index contributed by atoms with van der Waals surface area (Å²) in [5, 5.41) is 12.2. The lowest BCUT2D eigenvalue weighted by Gasteiger charge is -2.15. The number of carbonyl (C=O) groups excluding carboxylic acids is 1. The summed E-state index contributed by atoms with van der Waals surface area (Å²) in [6, 6.07) is 3.74. The molecule has 0 radical (unpaired) electrons. The number of hydrogen-bond acceptors (Lipinski definition) is 3. The predicted molar refractivity (Wildman–Crippen MR) is 74.8 cm³/mol. The lowest BCUT2D eigenvalue weighted by Crippen LogP contribution is -2.23. The van der Waals surface area contributed by atoms with Crippen LogP contribution in [-0.2, 0) is 4.79 Å². The van der Waals surface area contributed by atoms with Gasteiger partial charge in [0.2, 0.25) is 5.91 Å². The van der Waals surface area contributed by atoms with Crippen molar-refractivity contribution in [1.82, 2.24) is 0 Å². The fraction of sp³-hybridized carbons (Fsp3) is 0.400. The normalized spacial score (nSPS) is 11.8. The van der Waals surface area contributed by atoms with Crippen LogP contribution in [0.1, 0.15) is 20.3 Å². The quantitative estimate of drug-likeness (QED) is 0.785. The number of benzene rings is 1. The van der Waals surface area contributed by atoms with Gasteiger partial charge in [-0.1, -0.05) is 19.8 Å². The van der Waals surface area contributed by atoms with Gasteiger partial charge < -0.3 is 15.2 Å². The first-order valence-corrected chi connectivity index (χ1v) is 6.27. The monoisotopic (exact) mass is 279 g/mol. The maximum Gasteiger partial charge on any atom is 0.227 e. The standard InChI is InChI=1S/C15H18FNO3/c1-4-7-20-14-8-11(16)5-6-12(14)17-15(19)9-13(18)10(2)3/h1,5-6,8,10,13,18H,7,9H2,2-3H3,(H,17,19). The molecule has 0 saturated heterocycles. The summed E-state index contributed by atoms with van der Waals surface area (Å²) in [5.74, 6) is 1.55. The van der Waals surface area contributed by atoms with Gasteiger partial charge in [0.05, 0.1) is 18.2 Å². The lowest BCUT2D eigenvalue weighted by molar-refractivity contribution is -0.118. The molecule has 2 N–H and O–H groups in total. The highest BCUT2D eigenvalue weighted by atomic mass is 19.1. The first-order chi connectivity index (χ1) is 9.43. The van der Waals surface area contributed by atoms with Crippen LogP contribution in [0.4, 0.5) is 10.1 Å². The number of rotatable bonds is 6. The number of terminal acetylenes is 1. The number of carbonyl (C=O) groups is 1. The highest BCUT2D eigenvalue weighted by Crippen LogP contribution is 2.25. The number of nitrogens with one attached hydrogen (secondary N) is 1. The molecule has 0 fully saturated rings. The van der Waals surface area contributed by atoms with Crippen molar-refractivity contribution in [3.05, 3.63) is 24.0 Å². The van der Waals surface area contributed by atoms with Gasteiger partial charge in [0.15, 0.2) is 0 Å². The van der Waals surface area contributed by atoms with Crippen molar-refractivity contribution < 1.29 is 19.0 Å². The molecule has 0 spiro atoms. The van der Waals surface area contributed by atoms with Gasteiger partial charge in [0, 0.05) is 6.07 Å². The average Bonchev–Trinajstić information content (AvgIpc) is 2.38. The van der Waals surface area contributed by atoms with Crippen LogP contribution in [0.5, 0.6) is 5.75 Å². The summed E-state index contributed by atoms with van der Waals surface area (Å²) in [6.07, 6.45) is 4.31. The Morgan fingerprint density at radius 1 is 1.55 bits per heavy atom. The van der Waals surface area contributed by atoms with Crippen molar-refractivity contribution in [2.45, 2.75) is 26.4 Å². The van der Waals surface area contributed by atoms with Gasteiger partial charge in [-0.15, -0.1) is 6.42 Å². The molecule has 20 heavy (non-hydrogen) atoms. The fourth-order valence-electron chi connectivity index (χ4n) is 1.47. The van der Waals surface area contributed by atoms with E-state index in [0.717, 1.165) is 6.07 Å². The SMILES string of the molecule is C#CCOc1cc(F)ccc1NC(=O)CC(O)C(C)C. The van der Waals surface area contributed by atoms with E-state index in [4.69, 9.17) is 11.2 Å². The van der Waals surface area contributed by atoms with Crippen molar-refractivity contribution in [3.63, 3.8) is 0 Å². The fourth-order valence-corrected chi connectivity index (χ4v) is 1.47. The van der Waals surface area contributed by atoms with Gasteiger partial charge in [-0.2, -0.15) is 0 Å². The Hall–Kier alpha value is -2.06. The number of halogens is 1. The average molecular weight is 279 g/mol. The Morgan fingerprint density at radius 2 is 2.25 bits per heavy atom. The zero-order chi connectivity index (χ0) is 15.1. The van der Waals surface area contributed by atoms with Crippen LogP contribution < -0.4 is 10.1 Å². The van der Waals surface area contributed by atoms with Crippen molar-refractivity contribution in [2.24, 2.45) is 5.92 Å². The maximum absolute atomic E-state index is 13.1. The Labute approximate surface area is 117 Å². The largest absolute Gasteiger partial charge is 0.479 e. The first-order valence-electron chi connectivity index (χ1n) is 6.27. The van der Waals surface area contributed by atoms with E-state index in [-0.39, 0.29) is 30.6 Å². The second kappa shape index (κ2) is 7.51. The lowest BCUT2D eigenvalue weighted by atomic mass is 10.0. The molecule has 1 rings (SSSR count). The number of ether oxygens (including phenoxy) is 1. The maximum atomic E-state index is 13.1. The molecule has 1 atom stereocenters. The van der Waals surface area contributed by atoms with E-state index in [1.807, 2.05) is 13.8 Å². The number of aliphatic hydroxyl groups excluding tert-OH is 1. The van der Waals surface area contributed by atoms with Crippen molar-refractivity contribution in [1.29, 1.82) is 0 Å². The van der Waals surface area contributed by atoms with E-state index in [2.05, 4.69) is 11.2 Å². The van der Waals surface area contributed by atoms with Crippen molar-refractivity contribution >= 4 is 11.6 Å². The van der Waals surface area contributed by atoms with E-state index in [9.17, 15) is 14.3 Å². The van der Waals surface area contributed by atoms with Crippen LogP contribution in [0.25, 0.3) is 0 Å². The third-order valence-electron chi connectivity index (χ3n) is 2.69. The third kappa shape index (κ3) is 4.90. The van der Waals surface area contributed by atoms with Crippen LogP contribution >= 0.6 is 0 Å². The highest BCUT2D eigenvalue weighted by Gasteiger charge is 2.16. The summed E-state index contributed by atoms with van der Waals surface area (Å²) in [6.45, 7) is 3.61. The Morgan fingerprint density at radius 3 is 2.85 bits per heavy atom.